The van der Waals surface area contributed by atoms with Crippen molar-refractivity contribution in [3.63, 3.8) is 0 Å². The summed E-state index contributed by atoms with van der Waals surface area (Å²) in [5.41, 5.74) is 2.77. The Balaban J connectivity index is 1.75. The molecule has 0 radical (unpaired) electrons. The van der Waals surface area contributed by atoms with E-state index in [1.54, 1.807) is 47.5 Å². The Kier molecular flexibility index (Phi) is 3.70. The minimum atomic E-state index is -0.205. The average Bonchev–Trinajstić information content (AvgIpc) is 3.16. The van der Waals surface area contributed by atoms with E-state index >= 15 is 0 Å². The molecular formula is C19H15N5O. The summed E-state index contributed by atoms with van der Waals surface area (Å²) in [4.78, 5) is 21.7. The molecular weight excluding hydrogens is 314 g/mol. The second-order valence-electron chi connectivity index (χ2n) is 5.61. The summed E-state index contributed by atoms with van der Waals surface area (Å²) >= 11 is 0. The molecule has 25 heavy (non-hydrogen) atoms. The maximum absolute atomic E-state index is 12.9. The standard InChI is InChI=1S/C19H15N5O/c1-13-12-15(14-6-2-3-7-16(14)22-13)19(25)23-17-8-4-9-20-18(17)24-11-5-10-21-24/h2-12H,1H3,(H,23,25). The fraction of sp³-hybridized carbons (Fsp3) is 0.0526. The van der Waals surface area contributed by atoms with Crippen LogP contribution in [0.2, 0.25) is 0 Å². The van der Waals surface area contributed by atoms with Crippen molar-refractivity contribution in [1.82, 2.24) is 19.7 Å². The number of para-hydroxylation sites is 1. The van der Waals surface area contributed by atoms with Gasteiger partial charge in [0.25, 0.3) is 5.91 Å². The van der Waals surface area contributed by atoms with Crippen LogP contribution in [-0.4, -0.2) is 25.7 Å². The van der Waals surface area contributed by atoms with Crippen molar-refractivity contribution in [2.45, 2.75) is 6.92 Å². The number of carbonyl (C=O) groups excluding carboxylic acids is 1. The van der Waals surface area contributed by atoms with Crippen LogP contribution in [0, 0.1) is 6.92 Å². The van der Waals surface area contributed by atoms with Crippen LogP contribution < -0.4 is 5.32 Å². The van der Waals surface area contributed by atoms with Gasteiger partial charge in [-0.15, -0.1) is 0 Å². The van der Waals surface area contributed by atoms with Gasteiger partial charge in [0.15, 0.2) is 5.82 Å². The number of aromatic nitrogens is 4. The fourth-order valence-electron chi connectivity index (χ4n) is 2.76. The largest absolute Gasteiger partial charge is 0.319 e. The number of carbonyl (C=O) groups is 1. The Bertz CT molecular complexity index is 1060. The smallest absolute Gasteiger partial charge is 0.256 e. The Morgan fingerprint density at radius 2 is 1.96 bits per heavy atom. The number of nitrogens with zero attached hydrogens (tertiary/aromatic N) is 4. The number of aryl methyl sites for hydroxylation is 1. The van der Waals surface area contributed by atoms with E-state index in [0.717, 1.165) is 16.6 Å². The zero-order valence-electron chi connectivity index (χ0n) is 13.5. The van der Waals surface area contributed by atoms with Gasteiger partial charge in [-0.25, -0.2) is 9.67 Å². The third-order valence-electron chi connectivity index (χ3n) is 3.85. The number of hydrogen-bond acceptors (Lipinski definition) is 4. The molecule has 0 spiro atoms. The second kappa shape index (κ2) is 6.16. The van der Waals surface area contributed by atoms with Gasteiger partial charge in [-0.05, 0) is 37.3 Å². The molecule has 0 unspecified atom stereocenters. The summed E-state index contributed by atoms with van der Waals surface area (Å²) in [6, 6.07) is 14.8. The lowest BCUT2D eigenvalue weighted by atomic mass is 10.1. The number of benzene rings is 1. The Morgan fingerprint density at radius 3 is 2.80 bits per heavy atom. The van der Waals surface area contributed by atoms with Crippen molar-refractivity contribution >= 4 is 22.5 Å². The van der Waals surface area contributed by atoms with Crippen molar-refractivity contribution in [3.05, 3.63) is 78.4 Å². The molecule has 0 atom stereocenters. The summed E-state index contributed by atoms with van der Waals surface area (Å²) in [5.74, 6) is 0.360. The van der Waals surface area contributed by atoms with Crippen LogP contribution >= 0.6 is 0 Å². The van der Waals surface area contributed by atoms with Crippen LogP contribution in [0.3, 0.4) is 0 Å². The van der Waals surface area contributed by atoms with Gasteiger partial charge in [0.05, 0.1) is 16.8 Å². The fourth-order valence-corrected chi connectivity index (χ4v) is 2.76. The number of amides is 1. The van der Waals surface area contributed by atoms with Gasteiger partial charge in [0, 0.05) is 29.7 Å². The summed E-state index contributed by atoms with van der Waals surface area (Å²) in [6.07, 6.45) is 5.11. The molecule has 0 fully saturated rings. The van der Waals surface area contributed by atoms with Crippen molar-refractivity contribution < 1.29 is 4.79 Å². The average molecular weight is 329 g/mol. The number of rotatable bonds is 3. The van der Waals surface area contributed by atoms with Crippen LogP contribution in [-0.2, 0) is 0 Å². The molecule has 0 bridgehead atoms. The molecule has 1 aromatic carbocycles. The van der Waals surface area contributed by atoms with Gasteiger partial charge < -0.3 is 5.32 Å². The number of anilines is 1. The molecule has 0 aliphatic carbocycles. The first-order valence-corrected chi connectivity index (χ1v) is 7.85. The number of fused-ring (bicyclic) bond motifs is 1. The maximum Gasteiger partial charge on any atom is 0.256 e. The van der Waals surface area contributed by atoms with Gasteiger partial charge in [0.2, 0.25) is 0 Å². The molecule has 4 rings (SSSR count). The van der Waals surface area contributed by atoms with Crippen molar-refractivity contribution in [2.75, 3.05) is 5.32 Å². The molecule has 0 aliphatic heterocycles. The van der Waals surface area contributed by atoms with E-state index in [0.29, 0.717) is 17.1 Å². The third kappa shape index (κ3) is 2.85. The van der Waals surface area contributed by atoms with Crippen molar-refractivity contribution in [1.29, 1.82) is 0 Å². The van der Waals surface area contributed by atoms with Crippen LogP contribution in [0.4, 0.5) is 5.69 Å². The Hall–Kier alpha value is -3.54. The van der Waals surface area contributed by atoms with Crippen LogP contribution in [0.5, 0.6) is 0 Å². The van der Waals surface area contributed by atoms with E-state index in [4.69, 9.17) is 0 Å². The van der Waals surface area contributed by atoms with Crippen molar-refractivity contribution in [3.8, 4) is 5.82 Å². The molecule has 3 heterocycles. The maximum atomic E-state index is 12.9. The highest BCUT2D eigenvalue weighted by Gasteiger charge is 2.15. The number of hydrogen-bond donors (Lipinski definition) is 1. The van der Waals surface area contributed by atoms with Gasteiger partial charge in [-0.1, -0.05) is 18.2 Å². The minimum absolute atomic E-state index is 0.205. The van der Waals surface area contributed by atoms with E-state index in [2.05, 4.69) is 20.4 Å². The number of nitrogens with one attached hydrogen (secondary N) is 1. The van der Waals surface area contributed by atoms with Gasteiger partial charge in [-0.2, -0.15) is 5.10 Å². The predicted molar refractivity (Wildman–Crippen MR) is 95.8 cm³/mol. The molecule has 0 aliphatic rings. The highest BCUT2D eigenvalue weighted by molar-refractivity contribution is 6.12. The van der Waals surface area contributed by atoms with Gasteiger partial charge in [0.1, 0.15) is 0 Å². The summed E-state index contributed by atoms with van der Waals surface area (Å²) in [5, 5.41) is 7.94. The third-order valence-corrected chi connectivity index (χ3v) is 3.85. The molecule has 3 aromatic heterocycles. The second-order valence-corrected chi connectivity index (χ2v) is 5.61. The Morgan fingerprint density at radius 1 is 1.08 bits per heavy atom. The molecule has 4 aromatic rings. The molecule has 122 valence electrons. The summed E-state index contributed by atoms with van der Waals surface area (Å²) in [7, 11) is 0. The first kappa shape index (κ1) is 15.0. The quantitative estimate of drug-likeness (QED) is 0.625. The topological polar surface area (TPSA) is 72.7 Å². The van der Waals surface area contributed by atoms with Gasteiger partial charge >= 0.3 is 0 Å². The summed E-state index contributed by atoms with van der Waals surface area (Å²) < 4.78 is 1.62. The predicted octanol–water partition coefficient (Wildman–Crippen LogP) is 3.38. The molecule has 1 N–H and O–H groups in total. The van der Waals surface area contributed by atoms with E-state index in [9.17, 15) is 4.79 Å². The summed E-state index contributed by atoms with van der Waals surface area (Å²) in [6.45, 7) is 1.88. The molecule has 6 heteroatoms. The van der Waals surface area contributed by atoms with E-state index in [-0.39, 0.29) is 5.91 Å². The highest BCUT2D eigenvalue weighted by Crippen LogP contribution is 2.21. The highest BCUT2D eigenvalue weighted by atomic mass is 16.1. The van der Waals surface area contributed by atoms with Crippen LogP contribution in [0.25, 0.3) is 16.7 Å². The van der Waals surface area contributed by atoms with E-state index < -0.39 is 0 Å². The SMILES string of the molecule is Cc1cc(C(=O)Nc2cccnc2-n2cccn2)c2ccccc2n1. The normalized spacial score (nSPS) is 10.8. The molecule has 0 saturated carbocycles. The van der Waals surface area contributed by atoms with Crippen LogP contribution in [0.1, 0.15) is 16.1 Å². The van der Waals surface area contributed by atoms with E-state index in [1.165, 1.54) is 0 Å². The zero-order valence-corrected chi connectivity index (χ0v) is 13.5. The molecule has 6 nitrogen and oxygen atoms in total. The monoisotopic (exact) mass is 329 g/mol. The lowest BCUT2D eigenvalue weighted by Crippen LogP contribution is -2.15. The zero-order chi connectivity index (χ0) is 17.2. The lowest BCUT2D eigenvalue weighted by Gasteiger charge is -2.12. The van der Waals surface area contributed by atoms with E-state index in [1.807, 2.05) is 31.2 Å². The van der Waals surface area contributed by atoms with Gasteiger partial charge in [-0.3, -0.25) is 9.78 Å². The van der Waals surface area contributed by atoms with Crippen molar-refractivity contribution in [2.24, 2.45) is 0 Å². The van der Waals surface area contributed by atoms with Crippen LogP contribution in [0.15, 0.2) is 67.1 Å². The first-order valence-electron chi connectivity index (χ1n) is 7.85. The molecule has 0 saturated heterocycles. The lowest BCUT2D eigenvalue weighted by molar-refractivity contribution is 0.102. The minimum Gasteiger partial charge on any atom is -0.319 e. The first-order chi connectivity index (χ1) is 12.2. The number of pyridine rings is 2. The Labute approximate surface area is 144 Å². The molecule has 1 amide bonds.